The summed E-state index contributed by atoms with van der Waals surface area (Å²) in [5.41, 5.74) is 2.09. The molecule has 0 unspecified atom stereocenters. The highest BCUT2D eigenvalue weighted by molar-refractivity contribution is 7.90. The van der Waals surface area contributed by atoms with Crippen molar-refractivity contribution in [2.45, 2.75) is 167 Å². The van der Waals surface area contributed by atoms with Crippen molar-refractivity contribution in [1.82, 2.24) is 40.9 Å². The van der Waals surface area contributed by atoms with Crippen molar-refractivity contribution in [2.75, 3.05) is 48.5 Å². The lowest BCUT2D eigenvalue weighted by molar-refractivity contribution is -0.148. The molecule has 6 N–H and O–H groups in total. The lowest BCUT2D eigenvalue weighted by Crippen LogP contribution is -2.59. The number of nitrogens with zero attached hydrogens (tertiary/aromatic N) is 3. The van der Waals surface area contributed by atoms with Gasteiger partial charge in [0.25, 0.3) is 5.91 Å². The van der Waals surface area contributed by atoms with Crippen LogP contribution in [0.25, 0.3) is 0 Å². The summed E-state index contributed by atoms with van der Waals surface area (Å²) >= 11 is 0. The van der Waals surface area contributed by atoms with Crippen LogP contribution in [0, 0.1) is 23.7 Å². The van der Waals surface area contributed by atoms with Crippen LogP contribution in [0.15, 0.2) is 24.3 Å². The van der Waals surface area contributed by atoms with Gasteiger partial charge in [-0.25, -0.2) is 18.7 Å². The van der Waals surface area contributed by atoms with E-state index in [2.05, 4.69) is 20.7 Å². The van der Waals surface area contributed by atoms with Gasteiger partial charge in [-0.3, -0.25) is 43.6 Å². The third-order valence-electron chi connectivity index (χ3n) is 13.8. The SMILES string of the molecule is CC[C@H](C)[C@@H]([C@@H](CC(=O)N1CCC[C@H]1[C@H](OC)[C@@H](C)C(=O)N[C@@H](Cc1ccc(OC(=O)NCCCCCC(=O)NO)cc1)C(=O)NS(=O)(=O)C1CC1)OC)N(C)C(=O)[C@@H](NC(=O)[C@H](C(C)C)N(C)C)C(C)C. The molecule has 2 aliphatic rings. The number of carbonyl (C=O) groups excluding carboxylic acids is 7. The highest BCUT2D eigenvalue weighted by Gasteiger charge is 2.44. The Labute approximate surface area is 426 Å². The van der Waals surface area contributed by atoms with Gasteiger partial charge in [0.1, 0.15) is 17.8 Å². The minimum atomic E-state index is -3.99. The van der Waals surface area contributed by atoms with Crippen LogP contribution in [0.1, 0.15) is 118 Å². The fourth-order valence-electron chi connectivity index (χ4n) is 9.50. The lowest BCUT2D eigenvalue weighted by Gasteiger charge is -2.41. The lowest BCUT2D eigenvalue weighted by atomic mass is 9.89. The number of likely N-dealkylation sites (tertiary alicyclic amines) is 1. The largest absolute Gasteiger partial charge is 0.412 e. The molecule has 1 aliphatic carbocycles. The molecule has 1 saturated heterocycles. The van der Waals surface area contributed by atoms with E-state index in [0.29, 0.717) is 70.0 Å². The molecule has 21 nitrogen and oxygen atoms in total. The Bertz CT molecular complexity index is 2060. The highest BCUT2D eigenvalue weighted by atomic mass is 32.2. The summed E-state index contributed by atoms with van der Waals surface area (Å²) in [6.07, 6.45) is 2.03. The van der Waals surface area contributed by atoms with Crippen molar-refractivity contribution in [3.8, 4) is 5.75 Å². The minimum absolute atomic E-state index is 0.00441. The predicted molar refractivity (Wildman–Crippen MR) is 270 cm³/mol. The van der Waals surface area contributed by atoms with Gasteiger partial charge in [-0.15, -0.1) is 0 Å². The smallest absolute Gasteiger partial charge is 0.410 e. The van der Waals surface area contributed by atoms with Gasteiger partial charge in [-0.1, -0.05) is 73.4 Å². The molecule has 0 bridgehead atoms. The quantitative estimate of drug-likeness (QED) is 0.0367. The van der Waals surface area contributed by atoms with Gasteiger partial charge in [0.15, 0.2) is 0 Å². The summed E-state index contributed by atoms with van der Waals surface area (Å²) < 4.78 is 45.3. The zero-order valence-electron chi connectivity index (χ0n) is 44.5. The summed E-state index contributed by atoms with van der Waals surface area (Å²) in [7, 11) is 4.29. The number of carbonyl (C=O) groups is 7. The van der Waals surface area contributed by atoms with E-state index in [9.17, 15) is 42.0 Å². The van der Waals surface area contributed by atoms with Gasteiger partial charge in [-0.2, -0.15) is 0 Å². The molecule has 1 aromatic carbocycles. The number of ether oxygens (including phenoxy) is 3. The molecule has 1 saturated carbocycles. The number of hydroxylamine groups is 1. The Kier molecular flexibility index (Phi) is 24.8. The molecule has 22 heteroatoms. The molecule has 1 aliphatic heterocycles. The Morgan fingerprint density at radius 3 is 2.03 bits per heavy atom. The van der Waals surface area contributed by atoms with Crippen LogP contribution >= 0.6 is 0 Å². The number of hydrogen-bond donors (Lipinski definition) is 6. The first kappa shape index (κ1) is 61.4. The van der Waals surface area contributed by atoms with Crippen LogP contribution in [0.4, 0.5) is 4.79 Å². The van der Waals surface area contributed by atoms with Gasteiger partial charge in [-0.05, 0) is 88.1 Å². The van der Waals surface area contributed by atoms with Crippen molar-refractivity contribution < 1.29 is 61.4 Å². The van der Waals surface area contributed by atoms with E-state index in [4.69, 9.17) is 19.4 Å². The van der Waals surface area contributed by atoms with E-state index < -0.39 is 87.4 Å². The molecule has 1 aromatic rings. The number of likely N-dealkylation sites (N-methyl/N-ethyl adjacent to an activating group) is 2. The molecule has 72 heavy (non-hydrogen) atoms. The highest BCUT2D eigenvalue weighted by Crippen LogP contribution is 2.31. The molecule has 408 valence electrons. The normalized spacial score (nSPS) is 18.3. The van der Waals surface area contributed by atoms with E-state index in [1.165, 1.54) is 26.4 Å². The molecule has 7 amide bonds. The third-order valence-corrected chi connectivity index (χ3v) is 15.7. The van der Waals surface area contributed by atoms with E-state index in [-0.39, 0.29) is 60.5 Å². The predicted octanol–water partition coefficient (Wildman–Crippen LogP) is 3.12. The molecule has 0 aromatic heterocycles. The third kappa shape index (κ3) is 17.9. The number of methoxy groups -OCH3 is 2. The van der Waals surface area contributed by atoms with Crippen molar-refractivity contribution in [2.24, 2.45) is 23.7 Å². The zero-order valence-corrected chi connectivity index (χ0v) is 45.3. The first-order valence-electron chi connectivity index (χ1n) is 25.3. The van der Waals surface area contributed by atoms with Crippen LogP contribution in [0.3, 0.4) is 0 Å². The minimum Gasteiger partial charge on any atom is -0.410 e. The first-order valence-corrected chi connectivity index (χ1v) is 26.9. The summed E-state index contributed by atoms with van der Waals surface area (Å²) in [4.78, 5) is 98.9. The molecule has 0 radical (unpaired) electrons. The number of hydrogen-bond acceptors (Lipinski definition) is 14. The molecular formula is C50H84N8O13S. The van der Waals surface area contributed by atoms with E-state index in [0.717, 1.165) is 0 Å². The van der Waals surface area contributed by atoms with Crippen molar-refractivity contribution in [3.63, 3.8) is 0 Å². The van der Waals surface area contributed by atoms with Crippen LogP contribution in [-0.4, -0.2) is 166 Å². The summed E-state index contributed by atoms with van der Waals surface area (Å²) in [6.45, 7) is 13.9. The molecule has 0 spiro atoms. The molecular weight excluding hydrogens is 953 g/mol. The number of nitrogens with one attached hydrogen (secondary N) is 5. The molecule has 3 rings (SSSR count). The van der Waals surface area contributed by atoms with Crippen molar-refractivity contribution >= 4 is 51.6 Å². The Hall–Kier alpha value is -4.90. The fourth-order valence-corrected chi connectivity index (χ4v) is 10.8. The van der Waals surface area contributed by atoms with E-state index >= 15 is 0 Å². The average Bonchev–Trinajstić information content (AvgIpc) is 4.09. The van der Waals surface area contributed by atoms with Gasteiger partial charge < -0.3 is 40.0 Å². The monoisotopic (exact) mass is 1040 g/mol. The van der Waals surface area contributed by atoms with Gasteiger partial charge in [0, 0.05) is 47.2 Å². The van der Waals surface area contributed by atoms with Crippen LogP contribution < -0.4 is 30.9 Å². The maximum absolute atomic E-state index is 14.5. The van der Waals surface area contributed by atoms with Crippen LogP contribution in [0.2, 0.25) is 0 Å². The van der Waals surface area contributed by atoms with Gasteiger partial charge in [0.05, 0.1) is 47.9 Å². The Morgan fingerprint density at radius 1 is 0.833 bits per heavy atom. The summed E-state index contributed by atoms with van der Waals surface area (Å²) in [5, 5.41) is 16.3. The topological polar surface area (TPSA) is 271 Å². The Balaban J connectivity index is 1.77. The number of sulfonamides is 1. The molecule has 2 fully saturated rings. The van der Waals surface area contributed by atoms with E-state index in [1.54, 1.807) is 41.4 Å². The first-order chi connectivity index (χ1) is 33.9. The molecule has 1 heterocycles. The summed E-state index contributed by atoms with van der Waals surface area (Å²) in [6, 6.07) is 2.44. The van der Waals surface area contributed by atoms with Crippen LogP contribution in [-0.2, 0) is 54.7 Å². The van der Waals surface area contributed by atoms with Crippen molar-refractivity contribution in [1.29, 1.82) is 0 Å². The maximum Gasteiger partial charge on any atom is 0.412 e. The summed E-state index contributed by atoms with van der Waals surface area (Å²) in [5.74, 6) is -3.92. The van der Waals surface area contributed by atoms with Gasteiger partial charge >= 0.3 is 6.09 Å². The molecule has 9 atom stereocenters. The number of unbranched alkanes of at least 4 members (excludes halogenated alkanes) is 2. The van der Waals surface area contributed by atoms with E-state index in [1.807, 2.05) is 60.5 Å². The maximum atomic E-state index is 14.5. The zero-order chi connectivity index (χ0) is 54.0. The average molecular weight is 1040 g/mol. The Morgan fingerprint density at radius 2 is 1.49 bits per heavy atom. The number of rotatable bonds is 30. The number of benzene rings is 1. The second kappa shape index (κ2) is 29.1. The second-order valence-electron chi connectivity index (χ2n) is 20.3. The van der Waals surface area contributed by atoms with Crippen LogP contribution in [0.5, 0.6) is 5.75 Å². The fraction of sp³-hybridized carbons (Fsp3) is 0.740. The number of amides is 7. The van der Waals surface area contributed by atoms with Crippen molar-refractivity contribution in [3.05, 3.63) is 29.8 Å². The van der Waals surface area contributed by atoms with Gasteiger partial charge in [0.2, 0.25) is 39.6 Å². The standard InChI is InChI=1S/C50H84N8O13S/c1-13-32(6)44(57(10)49(64)42(30(2)3)53-48(63)43(31(4)5)56(8)9)39(69-11)29-41(60)58-27-17-18-38(58)45(70-12)33(7)46(61)52-37(47(62)55-72(67,68)36-24-25-36)28-34-20-22-35(23-21-34)71-50(65)51-26-16-14-15-19-40(59)54-66/h20-23,30-33,36-39,42-45,66H,13-19,24-29H2,1-12H3,(H,51,65)(H,52,61)(H,53,63)(H,54,59)(H,55,62)/t32-,33+,37-,38-,39+,42-,43-,44-,45+/m0/s1. The second-order valence-corrected chi connectivity index (χ2v) is 22.2.